The highest BCUT2D eigenvalue weighted by atomic mass is 16.5. The van der Waals surface area contributed by atoms with Crippen LogP contribution < -0.4 is 10.6 Å². The molecule has 1 heterocycles. The Balaban J connectivity index is 2.04. The first-order valence-corrected chi connectivity index (χ1v) is 8.33. The Labute approximate surface area is 143 Å². The van der Waals surface area contributed by atoms with E-state index in [1.54, 1.807) is 6.92 Å². The van der Waals surface area contributed by atoms with Gasteiger partial charge in [0, 0.05) is 12.0 Å². The zero-order chi connectivity index (χ0) is 17.6. The van der Waals surface area contributed by atoms with Crippen molar-refractivity contribution in [2.75, 3.05) is 33.8 Å². The number of rotatable bonds is 5. The van der Waals surface area contributed by atoms with Crippen LogP contribution in [0.2, 0.25) is 0 Å². The fourth-order valence-electron chi connectivity index (χ4n) is 3.12. The van der Waals surface area contributed by atoms with Crippen LogP contribution in [0.4, 0.5) is 4.79 Å². The average molecular weight is 333 g/mol. The SMILES string of the molecule is COC(=O)N[C@H](C)C(=O)NCC1(c2ccccc2)CCN(C)CC1. The second kappa shape index (κ2) is 8.15. The van der Waals surface area contributed by atoms with Gasteiger partial charge in [0.05, 0.1) is 7.11 Å². The maximum absolute atomic E-state index is 12.3. The summed E-state index contributed by atoms with van der Waals surface area (Å²) in [7, 11) is 3.40. The molecule has 1 aromatic rings. The second-order valence-electron chi connectivity index (χ2n) is 6.53. The first-order chi connectivity index (χ1) is 11.5. The molecule has 1 aliphatic heterocycles. The number of carbonyl (C=O) groups is 2. The molecular weight excluding hydrogens is 306 g/mol. The molecule has 0 aromatic heterocycles. The summed E-state index contributed by atoms with van der Waals surface area (Å²) in [6, 6.07) is 9.72. The minimum absolute atomic E-state index is 0.0611. The summed E-state index contributed by atoms with van der Waals surface area (Å²) in [5.41, 5.74) is 1.20. The van der Waals surface area contributed by atoms with Crippen molar-refractivity contribution < 1.29 is 14.3 Å². The van der Waals surface area contributed by atoms with Gasteiger partial charge in [0.15, 0.2) is 0 Å². The molecule has 2 rings (SSSR count). The zero-order valence-corrected chi connectivity index (χ0v) is 14.7. The number of ether oxygens (including phenoxy) is 1. The standard InChI is InChI=1S/C18H27N3O3/c1-14(20-17(23)24-3)16(22)19-13-18(9-11-21(2)12-10-18)15-7-5-4-6-8-15/h4-8,14H,9-13H2,1-3H3,(H,19,22)(H,20,23)/t14-/m1/s1. The molecule has 0 radical (unpaired) electrons. The highest BCUT2D eigenvalue weighted by molar-refractivity contribution is 5.85. The Morgan fingerprint density at radius 3 is 2.46 bits per heavy atom. The van der Waals surface area contributed by atoms with Gasteiger partial charge >= 0.3 is 6.09 Å². The van der Waals surface area contributed by atoms with Crippen LogP contribution in [0.25, 0.3) is 0 Å². The maximum atomic E-state index is 12.3. The molecule has 0 unspecified atom stereocenters. The van der Waals surface area contributed by atoms with Gasteiger partial charge in [0.1, 0.15) is 6.04 Å². The van der Waals surface area contributed by atoms with E-state index in [9.17, 15) is 9.59 Å². The second-order valence-corrected chi connectivity index (χ2v) is 6.53. The molecule has 2 N–H and O–H groups in total. The van der Waals surface area contributed by atoms with E-state index in [1.165, 1.54) is 12.7 Å². The van der Waals surface area contributed by atoms with Crippen molar-refractivity contribution in [3.8, 4) is 0 Å². The first kappa shape index (κ1) is 18.3. The molecule has 1 saturated heterocycles. The molecule has 0 saturated carbocycles. The van der Waals surface area contributed by atoms with Gasteiger partial charge in [-0.1, -0.05) is 30.3 Å². The van der Waals surface area contributed by atoms with Gasteiger partial charge in [-0.25, -0.2) is 4.79 Å². The Morgan fingerprint density at radius 2 is 1.88 bits per heavy atom. The molecule has 0 bridgehead atoms. The molecule has 132 valence electrons. The summed E-state index contributed by atoms with van der Waals surface area (Å²) in [5.74, 6) is -0.199. The van der Waals surface area contributed by atoms with Gasteiger partial charge in [0.2, 0.25) is 5.91 Å². The lowest BCUT2D eigenvalue weighted by Gasteiger charge is -2.41. The third-order valence-electron chi connectivity index (χ3n) is 4.84. The van der Waals surface area contributed by atoms with Gasteiger partial charge in [-0.15, -0.1) is 0 Å². The number of hydrogen-bond acceptors (Lipinski definition) is 4. The van der Waals surface area contributed by atoms with E-state index in [1.807, 2.05) is 18.2 Å². The van der Waals surface area contributed by atoms with Crippen LogP contribution in [0.5, 0.6) is 0 Å². The predicted molar refractivity (Wildman–Crippen MR) is 92.9 cm³/mol. The Kier molecular flexibility index (Phi) is 6.20. The quantitative estimate of drug-likeness (QED) is 0.857. The van der Waals surface area contributed by atoms with E-state index in [4.69, 9.17) is 0 Å². The van der Waals surface area contributed by atoms with Crippen LogP contribution in [0.3, 0.4) is 0 Å². The van der Waals surface area contributed by atoms with Crippen LogP contribution in [-0.4, -0.2) is 56.7 Å². The van der Waals surface area contributed by atoms with Crippen molar-refractivity contribution >= 4 is 12.0 Å². The summed E-state index contributed by atoms with van der Waals surface area (Å²) < 4.78 is 4.53. The molecule has 2 amide bonds. The van der Waals surface area contributed by atoms with Gasteiger partial charge < -0.3 is 20.3 Å². The summed E-state index contributed by atoms with van der Waals surface area (Å²) >= 11 is 0. The largest absolute Gasteiger partial charge is 0.453 e. The van der Waals surface area contributed by atoms with E-state index in [0.29, 0.717) is 6.54 Å². The number of carbonyl (C=O) groups excluding carboxylic acids is 2. The molecule has 6 nitrogen and oxygen atoms in total. The number of nitrogens with one attached hydrogen (secondary N) is 2. The molecular formula is C18H27N3O3. The van der Waals surface area contributed by atoms with Crippen LogP contribution in [-0.2, 0) is 14.9 Å². The molecule has 0 spiro atoms. The number of benzene rings is 1. The lowest BCUT2D eigenvalue weighted by Crippen LogP contribution is -2.51. The highest BCUT2D eigenvalue weighted by Gasteiger charge is 2.36. The van der Waals surface area contributed by atoms with Gasteiger partial charge in [-0.05, 0) is 45.5 Å². The van der Waals surface area contributed by atoms with Crippen LogP contribution in [0.1, 0.15) is 25.3 Å². The molecule has 1 fully saturated rings. The number of methoxy groups -OCH3 is 1. The van der Waals surface area contributed by atoms with E-state index < -0.39 is 12.1 Å². The highest BCUT2D eigenvalue weighted by Crippen LogP contribution is 2.34. The summed E-state index contributed by atoms with van der Waals surface area (Å²) in [5, 5.41) is 5.50. The van der Waals surface area contributed by atoms with E-state index >= 15 is 0 Å². The molecule has 1 aromatic carbocycles. The van der Waals surface area contributed by atoms with Crippen LogP contribution in [0, 0.1) is 0 Å². The number of piperidine rings is 1. The Hall–Kier alpha value is -2.08. The molecule has 0 aliphatic carbocycles. The summed E-state index contributed by atoms with van der Waals surface area (Å²) in [4.78, 5) is 25.8. The minimum atomic E-state index is -0.628. The van der Waals surface area contributed by atoms with Crippen molar-refractivity contribution in [2.24, 2.45) is 0 Å². The molecule has 6 heteroatoms. The van der Waals surface area contributed by atoms with Crippen molar-refractivity contribution in [1.82, 2.24) is 15.5 Å². The zero-order valence-electron chi connectivity index (χ0n) is 14.7. The third-order valence-corrected chi connectivity index (χ3v) is 4.84. The lowest BCUT2D eigenvalue weighted by molar-refractivity contribution is -0.123. The number of likely N-dealkylation sites (tertiary alicyclic amines) is 1. The van der Waals surface area contributed by atoms with E-state index in [-0.39, 0.29) is 11.3 Å². The first-order valence-electron chi connectivity index (χ1n) is 8.33. The molecule has 24 heavy (non-hydrogen) atoms. The van der Waals surface area contributed by atoms with Gasteiger partial charge in [-0.2, -0.15) is 0 Å². The predicted octanol–water partition coefficient (Wildman–Crippen LogP) is 1.51. The fourth-order valence-corrected chi connectivity index (χ4v) is 3.12. The smallest absolute Gasteiger partial charge is 0.407 e. The van der Waals surface area contributed by atoms with Crippen molar-refractivity contribution in [3.63, 3.8) is 0 Å². The Bertz CT molecular complexity index is 554. The Morgan fingerprint density at radius 1 is 1.25 bits per heavy atom. The van der Waals surface area contributed by atoms with E-state index in [2.05, 4.69) is 39.5 Å². The molecule has 1 atom stereocenters. The molecule has 1 aliphatic rings. The lowest BCUT2D eigenvalue weighted by atomic mass is 9.72. The van der Waals surface area contributed by atoms with Crippen LogP contribution >= 0.6 is 0 Å². The maximum Gasteiger partial charge on any atom is 0.407 e. The fraction of sp³-hybridized carbons (Fsp3) is 0.556. The van der Waals surface area contributed by atoms with E-state index in [0.717, 1.165) is 25.9 Å². The van der Waals surface area contributed by atoms with Crippen LogP contribution in [0.15, 0.2) is 30.3 Å². The number of nitrogens with zero attached hydrogens (tertiary/aromatic N) is 1. The number of amides is 2. The van der Waals surface area contributed by atoms with Crippen molar-refractivity contribution in [2.45, 2.75) is 31.2 Å². The number of hydrogen-bond donors (Lipinski definition) is 2. The normalized spacial score (nSPS) is 18.5. The monoisotopic (exact) mass is 333 g/mol. The van der Waals surface area contributed by atoms with Gasteiger partial charge in [0.25, 0.3) is 0 Å². The third kappa shape index (κ3) is 4.47. The average Bonchev–Trinajstić information content (AvgIpc) is 2.61. The van der Waals surface area contributed by atoms with Gasteiger partial charge in [-0.3, -0.25) is 4.79 Å². The van der Waals surface area contributed by atoms with Crippen molar-refractivity contribution in [1.29, 1.82) is 0 Å². The van der Waals surface area contributed by atoms with Crippen molar-refractivity contribution in [3.05, 3.63) is 35.9 Å². The number of alkyl carbamates (subject to hydrolysis) is 1. The minimum Gasteiger partial charge on any atom is -0.453 e. The summed E-state index contributed by atoms with van der Waals surface area (Å²) in [6.45, 7) is 4.22. The summed E-state index contributed by atoms with van der Waals surface area (Å²) in [6.07, 6.45) is 1.38. The topological polar surface area (TPSA) is 70.7 Å².